The maximum absolute atomic E-state index is 5.25. The first kappa shape index (κ1) is 16.6. The van der Waals surface area contributed by atoms with Gasteiger partial charge in [-0.15, -0.1) is 0 Å². The molecule has 28 heavy (non-hydrogen) atoms. The minimum atomic E-state index is 0.549. The van der Waals surface area contributed by atoms with Gasteiger partial charge in [-0.05, 0) is 55.7 Å². The number of hydrogen-bond donors (Lipinski definition) is 2. The summed E-state index contributed by atoms with van der Waals surface area (Å²) in [5.41, 5.74) is 7.19. The maximum Gasteiger partial charge on any atom is 0.114 e. The van der Waals surface area contributed by atoms with E-state index in [-0.39, 0.29) is 0 Å². The lowest BCUT2D eigenvalue weighted by Crippen LogP contribution is -2.60. The van der Waals surface area contributed by atoms with E-state index in [1.165, 1.54) is 66.0 Å². The topological polar surface area (TPSA) is 41.9 Å². The molecule has 4 nitrogen and oxygen atoms in total. The van der Waals surface area contributed by atoms with Crippen LogP contribution in [0.3, 0.4) is 0 Å². The Morgan fingerprint density at radius 3 is 2.68 bits per heavy atom. The van der Waals surface area contributed by atoms with Crippen molar-refractivity contribution >= 4 is 16.7 Å². The van der Waals surface area contributed by atoms with Crippen molar-refractivity contribution in [3.63, 3.8) is 0 Å². The molecule has 1 saturated heterocycles. The molecule has 1 atom stereocenters. The van der Waals surface area contributed by atoms with Crippen molar-refractivity contribution in [1.82, 2.24) is 14.9 Å². The Kier molecular flexibility index (Phi) is 3.61. The van der Waals surface area contributed by atoms with Gasteiger partial charge < -0.3 is 15.2 Å². The van der Waals surface area contributed by atoms with E-state index in [4.69, 9.17) is 4.98 Å². The first-order valence-corrected chi connectivity index (χ1v) is 10.7. The van der Waals surface area contributed by atoms with Crippen molar-refractivity contribution in [1.29, 1.82) is 0 Å². The van der Waals surface area contributed by atoms with Crippen LogP contribution in [-0.2, 0) is 12.8 Å². The second-order valence-corrected chi connectivity index (χ2v) is 9.27. The first-order valence-electron chi connectivity index (χ1n) is 10.7. The number of aryl methyl sites for hydroxylation is 1. The number of fused-ring (bicyclic) bond motifs is 3. The standard InChI is InChI=1S/C24H28N4/c1-16-7-8-19-20(26-16)9-10-21-23(19)27-22(11-17-5-3-2-4-6-17)28(21)18-12-24(13-18)14-25-15-24/h2-6,9-10,16,18,25-26H,7-8,11-15H2,1H3/t16-/m0/s1. The predicted octanol–water partition coefficient (Wildman–Crippen LogP) is 4.30. The summed E-state index contributed by atoms with van der Waals surface area (Å²) >= 11 is 0. The van der Waals surface area contributed by atoms with Crippen molar-refractivity contribution in [3.8, 4) is 0 Å². The van der Waals surface area contributed by atoms with Crippen molar-refractivity contribution in [2.45, 2.75) is 51.1 Å². The van der Waals surface area contributed by atoms with Crippen LogP contribution in [0.4, 0.5) is 5.69 Å². The lowest BCUT2D eigenvalue weighted by molar-refractivity contribution is 0.00822. The zero-order chi connectivity index (χ0) is 18.7. The minimum Gasteiger partial charge on any atom is -0.382 e. The van der Waals surface area contributed by atoms with E-state index in [0.29, 0.717) is 17.5 Å². The third kappa shape index (κ3) is 2.51. The van der Waals surface area contributed by atoms with Gasteiger partial charge >= 0.3 is 0 Å². The molecule has 6 rings (SSSR count). The Balaban J connectivity index is 1.45. The van der Waals surface area contributed by atoms with Crippen LogP contribution in [0.5, 0.6) is 0 Å². The number of nitrogens with one attached hydrogen (secondary N) is 2. The highest BCUT2D eigenvalue weighted by molar-refractivity contribution is 5.86. The van der Waals surface area contributed by atoms with Gasteiger partial charge in [-0.25, -0.2) is 4.98 Å². The molecule has 2 fully saturated rings. The molecule has 3 aromatic rings. The van der Waals surface area contributed by atoms with Gasteiger partial charge in [0.1, 0.15) is 5.82 Å². The Hall–Kier alpha value is -2.33. The van der Waals surface area contributed by atoms with E-state index < -0.39 is 0 Å². The fraction of sp³-hybridized carbons (Fsp3) is 0.458. The molecular formula is C24H28N4. The quantitative estimate of drug-likeness (QED) is 0.720. The number of benzene rings is 2. The van der Waals surface area contributed by atoms with E-state index in [9.17, 15) is 0 Å². The minimum absolute atomic E-state index is 0.549. The predicted molar refractivity (Wildman–Crippen MR) is 114 cm³/mol. The van der Waals surface area contributed by atoms with Crippen molar-refractivity contribution in [3.05, 3.63) is 59.4 Å². The van der Waals surface area contributed by atoms with Crippen LogP contribution >= 0.6 is 0 Å². The van der Waals surface area contributed by atoms with Crippen molar-refractivity contribution in [2.75, 3.05) is 18.4 Å². The van der Waals surface area contributed by atoms with Crippen LogP contribution in [0.1, 0.15) is 49.2 Å². The van der Waals surface area contributed by atoms with E-state index in [0.717, 1.165) is 12.8 Å². The first-order chi connectivity index (χ1) is 13.7. The van der Waals surface area contributed by atoms with Crippen LogP contribution in [0.2, 0.25) is 0 Å². The van der Waals surface area contributed by atoms with Gasteiger partial charge in [0.2, 0.25) is 0 Å². The second kappa shape index (κ2) is 6.08. The smallest absolute Gasteiger partial charge is 0.114 e. The number of aromatic nitrogens is 2. The maximum atomic E-state index is 5.25. The molecule has 2 aliphatic heterocycles. The van der Waals surface area contributed by atoms with Crippen LogP contribution in [0.25, 0.3) is 11.0 Å². The number of hydrogen-bond acceptors (Lipinski definition) is 3. The Bertz CT molecular complexity index is 1020. The summed E-state index contributed by atoms with van der Waals surface area (Å²) in [6, 6.07) is 16.5. The molecule has 0 radical (unpaired) electrons. The summed E-state index contributed by atoms with van der Waals surface area (Å²) in [5, 5.41) is 7.13. The summed E-state index contributed by atoms with van der Waals surface area (Å²) in [4.78, 5) is 5.25. The molecule has 3 aliphatic rings. The summed E-state index contributed by atoms with van der Waals surface area (Å²) in [6.45, 7) is 4.66. The molecule has 1 saturated carbocycles. The largest absolute Gasteiger partial charge is 0.382 e. The van der Waals surface area contributed by atoms with E-state index in [1.807, 2.05) is 0 Å². The van der Waals surface area contributed by atoms with Gasteiger partial charge in [0.15, 0.2) is 0 Å². The van der Waals surface area contributed by atoms with Gasteiger partial charge in [-0.1, -0.05) is 30.3 Å². The van der Waals surface area contributed by atoms with E-state index in [2.05, 4.69) is 64.6 Å². The summed E-state index contributed by atoms with van der Waals surface area (Å²) < 4.78 is 2.59. The van der Waals surface area contributed by atoms with Crippen LogP contribution in [-0.4, -0.2) is 28.7 Å². The van der Waals surface area contributed by atoms with Gasteiger partial charge in [0, 0.05) is 42.8 Å². The monoisotopic (exact) mass is 372 g/mol. The normalized spacial score (nSPS) is 23.1. The van der Waals surface area contributed by atoms with E-state index in [1.54, 1.807) is 0 Å². The molecule has 1 aromatic heterocycles. The molecule has 0 unspecified atom stereocenters. The number of imidazole rings is 1. The van der Waals surface area contributed by atoms with Crippen molar-refractivity contribution < 1.29 is 0 Å². The highest BCUT2D eigenvalue weighted by Crippen LogP contribution is 2.52. The summed E-state index contributed by atoms with van der Waals surface area (Å²) in [6.07, 6.45) is 5.81. The molecule has 2 aromatic carbocycles. The summed E-state index contributed by atoms with van der Waals surface area (Å²) in [7, 11) is 0. The van der Waals surface area contributed by atoms with Gasteiger partial charge in [-0.3, -0.25) is 0 Å². The van der Waals surface area contributed by atoms with Crippen LogP contribution in [0.15, 0.2) is 42.5 Å². The summed E-state index contributed by atoms with van der Waals surface area (Å²) in [5.74, 6) is 1.24. The lowest BCUT2D eigenvalue weighted by Gasteiger charge is -2.55. The average Bonchev–Trinajstić information content (AvgIpc) is 2.98. The zero-order valence-electron chi connectivity index (χ0n) is 16.5. The molecule has 4 heteroatoms. The fourth-order valence-electron chi connectivity index (χ4n) is 5.55. The SMILES string of the molecule is C[C@H]1CCc2c(ccc3c2nc(Cc2ccccc2)n3C2CC3(CNC3)C2)N1. The second-order valence-electron chi connectivity index (χ2n) is 9.27. The van der Waals surface area contributed by atoms with E-state index >= 15 is 0 Å². The highest BCUT2D eigenvalue weighted by Gasteiger charge is 2.49. The number of nitrogens with zero attached hydrogens (tertiary/aromatic N) is 2. The molecule has 1 aliphatic carbocycles. The lowest BCUT2D eigenvalue weighted by atomic mass is 9.61. The zero-order valence-corrected chi connectivity index (χ0v) is 16.5. The van der Waals surface area contributed by atoms with Crippen LogP contribution in [0, 0.1) is 5.41 Å². The Morgan fingerprint density at radius 1 is 1.11 bits per heavy atom. The molecule has 0 amide bonds. The molecule has 0 bridgehead atoms. The highest BCUT2D eigenvalue weighted by atomic mass is 15.1. The van der Waals surface area contributed by atoms with Gasteiger partial charge in [-0.2, -0.15) is 0 Å². The Morgan fingerprint density at radius 2 is 1.93 bits per heavy atom. The number of anilines is 1. The van der Waals surface area contributed by atoms with Crippen LogP contribution < -0.4 is 10.6 Å². The van der Waals surface area contributed by atoms with Gasteiger partial charge in [0.25, 0.3) is 0 Å². The molecule has 2 N–H and O–H groups in total. The molecule has 3 heterocycles. The molecule has 1 spiro atoms. The van der Waals surface area contributed by atoms with Gasteiger partial charge in [0.05, 0.1) is 11.0 Å². The Labute approximate surface area is 166 Å². The number of rotatable bonds is 3. The average molecular weight is 373 g/mol. The van der Waals surface area contributed by atoms with Crippen molar-refractivity contribution in [2.24, 2.45) is 5.41 Å². The third-order valence-electron chi connectivity index (χ3n) is 7.18. The third-order valence-corrected chi connectivity index (χ3v) is 7.18. The molecule has 144 valence electrons. The fourth-order valence-corrected chi connectivity index (χ4v) is 5.55. The molecular weight excluding hydrogens is 344 g/mol.